The number of fused-ring (bicyclic) bond motifs is 1. The van der Waals surface area contributed by atoms with Crippen LogP contribution < -0.4 is 5.32 Å². The van der Waals surface area contributed by atoms with Gasteiger partial charge in [0.1, 0.15) is 0 Å². The second kappa shape index (κ2) is 6.92. The molecule has 21 heavy (non-hydrogen) atoms. The highest BCUT2D eigenvalue weighted by Gasteiger charge is 2.29. The molecule has 0 fully saturated rings. The summed E-state index contributed by atoms with van der Waals surface area (Å²) in [6.45, 7) is 11.1. The Hall–Kier alpha value is -1.58. The van der Waals surface area contributed by atoms with Gasteiger partial charge in [-0.1, -0.05) is 31.2 Å². The first-order chi connectivity index (χ1) is 9.51. The predicted octanol–water partition coefficient (Wildman–Crippen LogP) is 3.82. The number of allylic oxidation sites excluding steroid dienone is 1. The van der Waals surface area contributed by atoms with Gasteiger partial charge in [0, 0.05) is 29.2 Å². The number of Topliss-reactive ketones (excluding diaryl/α,β-unsaturated/α-hetero) is 1. The highest BCUT2D eigenvalue weighted by Crippen LogP contribution is 2.25. The molecule has 0 amide bonds. The summed E-state index contributed by atoms with van der Waals surface area (Å²) in [4.78, 5) is 12.8. The molecule has 0 saturated heterocycles. The van der Waals surface area contributed by atoms with E-state index in [2.05, 4.69) is 16.5 Å². The molecule has 1 N–H and O–H groups in total. The number of carbonyl (C=O) groups is 1. The maximum Gasteiger partial charge on any atom is 0.184 e. The Morgan fingerprint density at radius 3 is 2.67 bits per heavy atom. The van der Waals surface area contributed by atoms with Crippen LogP contribution in [0, 0.1) is 0 Å². The van der Waals surface area contributed by atoms with Gasteiger partial charge in [-0.3, -0.25) is 4.79 Å². The molecule has 0 aliphatic carbocycles. The van der Waals surface area contributed by atoms with E-state index in [0.717, 1.165) is 23.0 Å². The molecule has 0 radical (unpaired) electrons. The highest BCUT2D eigenvalue weighted by molar-refractivity contribution is 6.12. The van der Waals surface area contributed by atoms with Crippen LogP contribution in [0.2, 0.25) is 0 Å². The van der Waals surface area contributed by atoms with E-state index in [9.17, 15) is 4.79 Å². The number of carbonyl (C=O) groups excluding carboxylic acids is 1. The molecule has 4 heteroatoms. The van der Waals surface area contributed by atoms with Crippen LogP contribution in [0.3, 0.4) is 0 Å². The largest absolute Gasteiger partial charge is 0.343 e. The number of hydrogen-bond acceptors (Lipinski definition) is 2. The van der Waals surface area contributed by atoms with E-state index in [1.54, 1.807) is 0 Å². The second-order valence-corrected chi connectivity index (χ2v) is 5.49. The van der Waals surface area contributed by atoms with E-state index in [4.69, 9.17) is 0 Å². The molecule has 0 atom stereocenters. The summed E-state index contributed by atoms with van der Waals surface area (Å²) in [5.74, 6) is 0.123. The third-order valence-electron chi connectivity index (χ3n) is 3.55. The first-order valence-electron chi connectivity index (χ1n) is 7.00. The molecule has 1 heterocycles. The van der Waals surface area contributed by atoms with Crippen molar-refractivity contribution in [1.29, 1.82) is 0 Å². The van der Waals surface area contributed by atoms with Crippen LogP contribution >= 0.6 is 12.4 Å². The fourth-order valence-corrected chi connectivity index (χ4v) is 2.58. The zero-order valence-corrected chi connectivity index (χ0v) is 13.7. The van der Waals surface area contributed by atoms with Gasteiger partial charge in [0.25, 0.3) is 0 Å². The van der Waals surface area contributed by atoms with Gasteiger partial charge in [0.05, 0.1) is 5.54 Å². The van der Waals surface area contributed by atoms with Crippen molar-refractivity contribution in [2.24, 2.45) is 0 Å². The molecule has 0 bridgehead atoms. The number of rotatable bonds is 6. The summed E-state index contributed by atoms with van der Waals surface area (Å²) < 4.78 is 2.07. The Morgan fingerprint density at radius 2 is 2.05 bits per heavy atom. The van der Waals surface area contributed by atoms with Crippen LogP contribution in [0.1, 0.15) is 31.1 Å². The highest BCUT2D eigenvalue weighted by atomic mass is 35.5. The standard InChI is InChI=1S/C17H22N2O.ClH/c1-5-11-19-12-14(13-9-7-8-10-15(13)19)16(20)17(3,4)18-6-2;/h5,7-10,12,18H,1,6,11H2,2-4H3;1H. The second-order valence-electron chi connectivity index (χ2n) is 5.49. The summed E-state index contributed by atoms with van der Waals surface area (Å²) in [6.07, 6.45) is 3.78. The number of hydrogen-bond donors (Lipinski definition) is 1. The number of benzene rings is 1. The summed E-state index contributed by atoms with van der Waals surface area (Å²) >= 11 is 0. The number of aromatic nitrogens is 1. The fourth-order valence-electron chi connectivity index (χ4n) is 2.58. The lowest BCUT2D eigenvalue weighted by atomic mass is 9.93. The van der Waals surface area contributed by atoms with Crippen molar-refractivity contribution >= 4 is 29.1 Å². The van der Waals surface area contributed by atoms with E-state index in [1.807, 2.05) is 57.3 Å². The molecule has 0 aliphatic rings. The molecule has 2 aromatic rings. The summed E-state index contributed by atoms with van der Waals surface area (Å²) in [6, 6.07) is 8.00. The topological polar surface area (TPSA) is 34.0 Å². The maximum atomic E-state index is 12.8. The Bertz CT molecular complexity index is 643. The minimum absolute atomic E-state index is 0. The number of ketones is 1. The number of halogens is 1. The quantitative estimate of drug-likeness (QED) is 0.650. The van der Waals surface area contributed by atoms with E-state index in [0.29, 0.717) is 6.54 Å². The maximum absolute atomic E-state index is 12.8. The van der Waals surface area contributed by atoms with E-state index >= 15 is 0 Å². The predicted molar refractivity (Wildman–Crippen MR) is 91.5 cm³/mol. The normalized spacial score (nSPS) is 11.2. The Balaban J connectivity index is 0.00000220. The third-order valence-corrected chi connectivity index (χ3v) is 3.55. The first kappa shape index (κ1) is 17.5. The van der Waals surface area contributed by atoms with Crippen molar-refractivity contribution in [1.82, 2.24) is 9.88 Å². The fraction of sp³-hybridized carbons (Fsp3) is 0.353. The average molecular weight is 307 g/mol. The van der Waals surface area contributed by atoms with E-state index in [-0.39, 0.29) is 18.2 Å². The number of likely N-dealkylation sites (N-methyl/N-ethyl adjacent to an activating group) is 1. The average Bonchev–Trinajstić information content (AvgIpc) is 2.77. The summed E-state index contributed by atoms with van der Waals surface area (Å²) in [5.41, 5.74) is 1.29. The van der Waals surface area contributed by atoms with Gasteiger partial charge in [-0.25, -0.2) is 0 Å². The van der Waals surface area contributed by atoms with Gasteiger partial charge in [-0.15, -0.1) is 19.0 Å². The Kier molecular flexibility index (Phi) is 5.76. The molecule has 2 rings (SSSR count). The zero-order chi connectivity index (χ0) is 14.8. The molecular weight excluding hydrogens is 284 g/mol. The zero-order valence-electron chi connectivity index (χ0n) is 12.8. The molecule has 0 spiro atoms. The van der Waals surface area contributed by atoms with Gasteiger partial charge < -0.3 is 9.88 Å². The van der Waals surface area contributed by atoms with Gasteiger partial charge in [0.15, 0.2) is 5.78 Å². The van der Waals surface area contributed by atoms with Gasteiger partial charge in [0.2, 0.25) is 0 Å². The van der Waals surface area contributed by atoms with E-state index < -0.39 is 5.54 Å². The molecular formula is C17H23ClN2O. The number of para-hydroxylation sites is 1. The Labute approximate surface area is 132 Å². The van der Waals surface area contributed by atoms with Crippen molar-refractivity contribution in [3.8, 4) is 0 Å². The lowest BCUT2D eigenvalue weighted by Crippen LogP contribution is -2.46. The van der Waals surface area contributed by atoms with Crippen LogP contribution in [-0.2, 0) is 6.54 Å². The SMILES string of the molecule is C=CCn1cc(C(=O)C(C)(C)NCC)c2ccccc21.Cl. The molecule has 1 aromatic carbocycles. The lowest BCUT2D eigenvalue weighted by Gasteiger charge is -2.23. The lowest BCUT2D eigenvalue weighted by molar-refractivity contribution is 0.0885. The van der Waals surface area contributed by atoms with E-state index in [1.165, 1.54) is 0 Å². The third kappa shape index (κ3) is 3.36. The molecule has 0 aliphatic heterocycles. The van der Waals surface area contributed by atoms with Gasteiger partial charge >= 0.3 is 0 Å². The minimum atomic E-state index is -0.558. The van der Waals surface area contributed by atoms with Crippen molar-refractivity contribution < 1.29 is 4.79 Å². The van der Waals surface area contributed by atoms with Crippen molar-refractivity contribution in [3.05, 3.63) is 48.7 Å². The van der Waals surface area contributed by atoms with Crippen molar-refractivity contribution in [2.45, 2.75) is 32.9 Å². The first-order valence-corrected chi connectivity index (χ1v) is 7.00. The molecule has 114 valence electrons. The van der Waals surface area contributed by atoms with Crippen LogP contribution in [0.5, 0.6) is 0 Å². The van der Waals surface area contributed by atoms with Crippen LogP contribution in [0.4, 0.5) is 0 Å². The monoisotopic (exact) mass is 306 g/mol. The van der Waals surface area contributed by atoms with Crippen molar-refractivity contribution in [2.75, 3.05) is 6.54 Å². The van der Waals surface area contributed by atoms with Gasteiger partial charge in [-0.2, -0.15) is 0 Å². The van der Waals surface area contributed by atoms with Crippen LogP contribution in [0.15, 0.2) is 43.1 Å². The van der Waals surface area contributed by atoms with Crippen LogP contribution in [-0.4, -0.2) is 22.4 Å². The molecule has 1 aromatic heterocycles. The summed E-state index contributed by atoms with van der Waals surface area (Å²) in [5, 5.41) is 4.25. The molecule has 0 unspecified atom stereocenters. The minimum Gasteiger partial charge on any atom is -0.343 e. The molecule has 0 saturated carbocycles. The number of nitrogens with zero attached hydrogens (tertiary/aromatic N) is 1. The Morgan fingerprint density at radius 1 is 1.38 bits per heavy atom. The van der Waals surface area contributed by atoms with Crippen LogP contribution in [0.25, 0.3) is 10.9 Å². The van der Waals surface area contributed by atoms with Crippen molar-refractivity contribution in [3.63, 3.8) is 0 Å². The smallest absolute Gasteiger partial charge is 0.184 e. The van der Waals surface area contributed by atoms with Gasteiger partial charge in [-0.05, 0) is 26.5 Å². The summed E-state index contributed by atoms with van der Waals surface area (Å²) in [7, 11) is 0. The molecule has 3 nitrogen and oxygen atoms in total. The number of nitrogens with one attached hydrogen (secondary N) is 1.